The summed E-state index contributed by atoms with van der Waals surface area (Å²) in [4.78, 5) is 31.0. The van der Waals surface area contributed by atoms with Crippen LogP contribution in [0.5, 0.6) is 0 Å². The van der Waals surface area contributed by atoms with Crippen molar-refractivity contribution in [2.75, 3.05) is 19.6 Å². The smallest absolute Gasteiger partial charge is 0.267 e. The van der Waals surface area contributed by atoms with Crippen molar-refractivity contribution in [3.63, 3.8) is 0 Å². The Morgan fingerprint density at radius 2 is 2.00 bits per heavy atom. The van der Waals surface area contributed by atoms with Gasteiger partial charge in [-0.3, -0.25) is 14.5 Å². The number of fused-ring (bicyclic) bond motifs is 6. The third-order valence-corrected chi connectivity index (χ3v) is 8.34. The summed E-state index contributed by atoms with van der Waals surface area (Å²) in [6.45, 7) is 6.90. The Hall–Kier alpha value is -2.74. The number of aromatic nitrogens is 4. The monoisotopic (exact) mass is 462 g/mol. The highest BCUT2D eigenvalue weighted by molar-refractivity contribution is 5.77. The molecule has 1 aliphatic carbocycles. The van der Waals surface area contributed by atoms with Gasteiger partial charge in [-0.25, -0.2) is 9.36 Å². The summed E-state index contributed by atoms with van der Waals surface area (Å²) in [7, 11) is 0. The molecule has 2 aromatic rings. The van der Waals surface area contributed by atoms with Gasteiger partial charge in [0.1, 0.15) is 6.54 Å². The Labute approximate surface area is 200 Å². The molecular formula is C26H34N6O2. The summed E-state index contributed by atoms with van der Waals surface area (Å²) in [6, 6.07) is 6.00. The molecule has 0 unspecified atom stereocenters. The van der Waals surface area contributed by atoms with E-state index >= 15 is 0 Å². The SMILES string of the molecule is Cc1cc(C)n(-c2ccc(=O)n(CC(=O)N3CCCC4=C[C@H]5C[C@@H](CN6CCCC[C@@H]56)[C@H]43)n2)n1. The van der Waals surface area contributed by atoms with Crippen molar-refractivity contribution in [3.05, 3.63) is 51.6 Å². The van der Waals surface area contributed by atoms with Gasteiger partial charge in [0.25, 0.3) is 5.56 Å². The number of piperidine rings is 3. The first-order valence-corrected chi connectivity index (χ1v) is 12.8. The van der Waals surface area contributed by atoms with Crippen molar-refractivity contribution in [3.8, 4) is 5.82 Å². The second kappa shape index (κ2) is 8.48. The number of carbonyl (C=O) groups is 1. The van der Waals surface area contributed by atoms with Gasteiger partial charge in [-0.15, -0.1) is 5.10 Å². The third-order valence-electron chi connectivity index (χ3n) is 8.34. The quantitative estimate of drug-likeness (QED) is 0.655. The maximum absolute atomic E-state index is 13.6. The highest BCUT2D eigenvalue weighted by Crippen LogP contribution is 2.45. The molecule has 3 saturated heterocycles. The molecule has 3 fully saturated rings. The summed E-state index contributed by atoms with van der Waals surface area (Å²) in [5, 5.41) is 8.98. The Bertz CT molecular complexity index is 1200. The number of amides is 1. The van der Waals surface area contributed by atoms with Crippen LogP contribution in [-0.2, 0) is 11.3 Å². The summed E-state index contributed by atoms with van der Waals surface area (Å²) < 4.78 is 3.02. The highest BCUT2D eigenvalue weighted by atomic mass is 16.2. The van der Waals surface area contributed by atoms with Gasteiger partial charge in [-0.2, -0.15) is 5.10 Å². The number of aryl methyl sites for hydroxylation is 2. The Morgan fingerprint density at radius 3 is 2.82 bits per heavy atom. The van der Waals surface area contributed by atoms with Crippen molar-refractivity contribution in [1.29, 1.82) is 0 Å². The van der Waals surface area contributed by atoms with E-state index in [9.17, 15) is 9.59 Å². The van der Waals surface area contributed by atoms with Crippen LogP contribution in [0.15, 0.2) is 34.6 Å². The van der Waals surface area contributed by atoms with E-state index in [4.69, 9.17) is 0 Å². The first-order valence-electron chi connectivity index (χ1n) is 12.8. The predicted molar refractivity (Wildman–Crippen MR) is 129 cm³/mol. The van der Waals surface area contributed by atoms with E-state index in [2.05, 4.69) is 26.1 Å². The van der Waals surface area contributed by atoms with Crippen LogP contribution in [0, 0.1) is 25.7 Å². The lowest BCUT2D eigenvalue weighted by molar-refractivity contribution is -0.137. The molecule has 3 aliphatic heterocycles. The molecule has 4 atom stereocenters. The zero-order valence-electron chi connectivity index (χ0n) is 20.2. The van der Waals surface area contributed by atoms with Crippen molar-refractivity contribution in [2.45, 2.75) is 71.0 Å². The predicted octanol–water partition coefficient (Wildman–Crippen LogP) is 2.47. The van der Waals surface area contributed by atoms with Gasteiger partial charge in [0, 0.05) is 30.9 Å². The van der Waals surface area contributed by atoms with Gasteiger partial charge in [0.15, 0.2) is 5.82 Å². The second-order valence-corrected chi connectivity index (χ2v) is 10.6. The lowest BCUT2D eigenvalue weighted by atomic mass is 9.68. The standard InChI is InChI=1S/C26H34N6O2/c1-17-12-18(2)32(27-17)23-8-9-24(33)31(28-23)16-25(34)30-11-5-6-19-13-20-14-21(26(19)30)15-29-10-4-3-7-22(20)29/h8-9,12-13,20-22,26H,3-7,10-11,14-16H2,1-2H3/t20-,21-,22-,26-/m0/s1. The first kappa shape index (κ1) is 21.8. The molecule has 4 aliphatic rings. The van der Waals surface area contributed by atoms with Crippen LogP contribution < -0.4 is 5.56 Å². The van der Waals surface area contributed by atoms with Crippen LogP contribution in [-0.4, -0.2) is 67.0 Å². The Kier molecular flexibility index (Phi) is 5.43. The summed E-state index contributed by atoms with van der Waals surface area (Å²) in [5.41, 5.74) is 3.03. The highest BCUT2D eigenvalue weighted by Gasteiger charge is 2.46. The van der Waals surface area contributed by atoms with E-state index in [0.717, 1.165) is 37.3 Å². The summed E-state index contributed by atoms with van der Waals surface area (Å²) >= 11 is 0. The molecule has 1 amide bonds. The maximum Gasteiger partial charge on any atom is 0.267 e. The number of carbonyl (C=O) groups excluding carboxylic acids is 1. The topological polar surface area (TPSA) is 76.3 Å². The minimum absolute atomic E-state index is 0.00469. The van der Waals surface area contributed by atoms with Crippen molar-refractivity contribution >= 4 is 5.91 Å². The van der Waals surface area contributed by atoms with Crippen molar-refractivity contribution in [1.82, 2.24) is 29.4 Å². The van der Waals surface area contributed by atoms with Crippen LogP contribution in [0.4, 0.5) is 0 Å². The molecule has 0 aromatic carbocycles. The third kappa shape index (κ3) is 3.72. The van der Waals surface area contributed by atoms with Crippen LogP contribution in [0.1, 0.15) is 49.9 Å². The van der Waals surface area contributed by atoms with E-state index in [1.165, 1.54) is 48.5 Å². The average molecular weight is 463 g/mol. The fourth-order valence-corrected chi connectivity index (χ4v) is 7.00. The minimum Gasteiger partial charge on any atom is -0.334 e. The zero-order valence-corrected chi connectivity index (χ0v) is 20.2. The molecular weight excluding hydrogens is 428 g/mol. The molecule has 8 heteroatoms. The van der Waals surface area contributed by atoms with Crippen molar-refractivity contribution < 1.29 is 4.79 Å². The van der Waals surface area contributed by atoms with Crippen LogP contribution >= 0.6 is 0 Å². The lowest BCUT2D eigenvalue weighted by Crippen LogP contribution is -2.60. The van der Waals surface area contributed by atoms with E-state index in [0.29, 0.717) is 23.7 Å². The molecule has 0 saturated carbocycles. The molecule has 2 aromatic heterocycles. The normalized spacial score (nSPS) is 28.8. The van der Waals surface area contributed by atoms with Crippen LogP contribution in [0.2, 0.25) is 0 Å². The van der Waals surface area contributed by atoms with E-state index in [-0.39, 0.29) is 24.1 Å². The van der Waals surface area contributed by atoms with Gasteiger partial charge < -0.3 is 4.90 Å². The second-order valence-electron chi connectivity index (χ2n) is 10.6. The molecule has 180 valence electrons. The van der Waals surface area contributed by atoms with Gasteiger partial charge in [0.2, 0.25) is 5.91 Å². The maximum atomic E-state index is 13.6. The van der Waals surface area contributed by atoms with E-state index in [1.54, 1.807) is 10.7 Å². The molecule has 0 radical (unpaired) electrons. The number of nitrogens with zero attached hydrogens (tertiary/aromatic N) is 6. The number of hydrogen-bond donors (Lipinski definition) is 0. The fraction of sp³-hybridized carbons (Fsp3) is 0.615. The molecule has 0 N–H and O–H groups in total. The minimum atomic E-state index is -0.260. The van der Waals surface area contributed by atoms with Crippen LogP contribution in [0.25, 0.3) is 5.82 Å². The molecule has 2 bridgehead atoms. The lowest BCUT2D eigenvalue weighted by Gasteiger charge is -2.54. The Morgan fingerprint density at radius 1 is 1.12 bits per heavy atom. The van der Waals surface area contributed by atoms with Crippen molar-refractivity contribution in [2.24, 2.45) is 11.8 Å². The first-order chi connectivity index (χ1) is 16.5. The molecule has 34 heavy (non-hydrogen) atoms. The molecule has 6 rings (SSSR count). The number of rotatable bonds is 3. The van der Waals surface area contributed by atoms with E-state index in [1.807, 2.05) is 19.9 Å². The molecule has 8 nitrogen and oxygen atoms in total. The largest absolute Gasteiger partial charge is 0.334 e. The fourth-order valence-electron chi connectivity index (χ4n) is 7.00. The van der Waals surface area contributed by atoms with Gasteiger partial charge in [-0.05, 0) is 76.5 Å². The molecule has 5 heterocycles. The summed E-state index contributed by atoms with van der Waals surface area (Å²) in [6.07, 6.45) is 9.75. The molecule has 0 spiro atoms. The zero-order chi connectivity index (χ0) is 23.4. The van der Waals surface area contributed by atoms with Crippen LogP contribution in [0.3, 0.4) is 0 Å². The van der Waals surface area contributed by atoms with E-state index < -0.39 is 0 Å². The number of likely N-dealkylation sites (tertiary alicyclic amines) is 1. The van der Waals surface area contributed by atoms with Gasteiger partial charge >= 0.3 is 0 Å². The Balaban J connectivity index is 1.26. The summed E-state index contributed by atoms with van der Waals surface area (Å²) in [5.74, 6) is 1.69. The van der Waals surface area contributed by atoms with Gasteiger partial charge in [0.05, 0.1) is 11.7 Å². The van der Waals surface area contributed by atoms with Gasteiger partial charge in [-0.1, -0.05) is 18.1 Å². The average Bonchev–Trinajstić information content (AvgIpc) is 3.18. The number of hydrogen-bond acceptors (Lipinski definition) is 5.